The largest absolute Gasteiger partial charge is 0.481 e. The van der Waals surface area contributed by atoms with Gasteiger partial charge in [0.2, 0.25) is 5.91 Å². The van der Waals surface area contributed by atoms with Gasteiger partial charge >= 0.3 is 5.97 Å². The van der Waals surface area contributed by atoms with Crippen molar-refractivity contribution in [2.75, 3.05) is 20.1 Å². The molecule has 2 heterocycles. The van der Waals surface area contributed by atoms with E-state index in [0.29, 0.717) is 18.5 Å². The molecule has 2 bridgehead atoms. The number of nitrogens with zero attached hydrogens (tertiary/aromatic N) is 2. The van der Waals surface area contributed by atoms with Crippen LogP contribution in [0.5, 0.6) is 0 Å². The lowest BCUT2D eigenvalue weighted by molar-refractivity contribution is -0.142. The average molecular weight is 252 g/mol. The van der Waals surface area contributed by atoms with Crippen molar-refractivity contribution in [1.82, 2.24) is 9.80 Å². The van der Waals surface area contributed by atoms with E-state index in [2.05, 4.69) is 11.9 Å². The van der Waals surface area contributed by atoms with Crippen molar-refractivity contribution in [2.24, 2.45) is 11.8 Å². The van der Waals surface area contributed by atoms with Crippen molar-refractivity contribution in [3.63, 3.8) is 0 Å². The van der Waals surface area contributed by atoms with Gasteiger partial charge < -0.3 is 10.0 Å². The van der Waals surface area contributed by atoms with Crippen LogP contribution in [0.3, 0.4) is 0 Å². The Morgan fingerprint density at radius 3 is 2.50 bits per heavy atom. The van der Waals surface area contributed by atoms with Crippen LogP contribution in [0.1, 0.15) is 25.7 Å². The molecular weight excluding hydrogens is 232 g/mol. The highest BCUT2D eigenvalue weighted by atomic mass is 16.4. The van der Waals surface area contributed by atoms with E-state index < -0.39 is 11.9 Å². The molecule has 1 saturated carbocycles. The van der Waals surface area contributed by atoms with E-state index >= 15 is 0 Å². The van der Waals surface area contributed by atoms with E-state index in [1.54, 1.807) is 0 Å². The second kappa shape index (κ2) is 4.23. The van der Waals surface area contributed by atoms with Gasteiger partial charge in [-0.1, -0.05) is 0 Å². The number of carboxylic acids is 1. The molecule has 4 unspecified atom stereocenters. The van der Waals surface area contributed by atoms with Crippen molar-refractivity contribution in [3.05, 3.63) is 0 Å². The number of carbonyl (C=O) groups is 2. The molecule has 1 N–H and O–H groups in total. The molecule has 1 amide bonds. The van der Waals surface area contributed by atoms with E-state index in [1.165, 1.54) is 6.42 Å². The third kappa shape index (κ3) is 1.90. The van der Waals surface area contributed by atoms with Gasteiger partial charge in [0.05, 0.1) is 11.8 Å². The van der Waals surface area contributed by atoms with Crippen LogP contribution in [0.4, 0.5) is 0 Å². The first kappa shape index (κ1) is 12.0. The second-order valence-electron chi connectivity index (χ2n) is 5.91. The number of hydrogen-bond acceptors (Lipinski definition) is 3. The molecule has 3 aliphatic rings. The zero-order chi connectivity index (χ0) is 12.9. The van der Waals surface area contributed by atoms with Gasteiger partial charge in [-0.15, -0.1) is 0 Å². The SMILES string of the molecule is CN1C2CCC1CN(C(=O)C1CC1C(=O)O)CC2. The van der Waals surface area contributed by atoms with Crippen molar-refractivity contribution in [2.45, 2.75) is 37.8 Å². The minimum Gasteiger partial charge on any atom is -0.481 e. The number of likely N-dealkylation sites (tertiary alicyclic amines) is 1. The number of amides is 1. The van der Waals surface area contributed by atoms with Gasteiger partial charge in [-0.25, -0.2) is 0 Å². The molecule has 5 heteroatoms. The fourth-order valence-corrected chi connectivity index (χ4v) is 3.48. The number of fused-ring (bicyclic) bond motifs is 2. The van der Waals surface area contributed by atoms with E-state index in [4.69, 9.17) is 5.11 Å². The van der Waals surface area contributed by atoms with E-state index in [-0.39, 0.29) is 11.8 Å². The van der Waals surface area contributed by atoms with Gasteiger partial charge in [0, 0.05) is 25.2 Å². The minimum absolute atomic E-state index is 0.0725. The van der Waals surface area contributed by atoms with Crippen molar-refractivity contribution >= 4 is 11.9 Å². The molecule has 0 aromatic carbocycles. The quantitative estimate of drug-likeness (QED) is 0.773. The Labute approximate surface area is 107 Å². The summed E-state index contributed by atoms with van der Waals surface area (Å²) in [6.45, 7) is 1.59. The average Bonchev–Trinajstić information content (AvgIpc) is 3.03. The molecule has 5 nitrogen and oxygen atoms in total. The number of likely N-dealkylation sites (N-methyl/N-ethyl adjacent to an activating group) is 1. The second-order valence-corrected chi connectivity index (χ2v) is 5.91. The molecule has 0 aromatic heterocycles. The van der Waals surface area contributed by atoms with Crippen LogP contribution in [0.25, 0.3) is 0 Å². The molecular formula is C13H20N2O3. The predicted molar refractivity (Wildman–Crippen MR) is 65.0 cm³/mol. The maximum Gasteiger partial charge on any atom is 0.307 e. The highest BCUT2D eigenvalue weighted by Gasteiger charge is 2.50. The Morgan fingerprint density at radius 1 is 1.11 bits per heavy atom. The summed E-state index contributed by atoms with van der Waals surface area (Å²) in [6.07, 6.45) is 3.97. The standard InChI is InChI=1S/C13H20N2O3/c1-14-8-2-3-9(14)7-15(5-4-8)12(16)10-6-11(10)13(17)18/h8-11H,2-7H2,1H3,(H,17,18). The number of carboxylic acid groups (broad SMARTS) is 1. The molecule has 0 radical (unpaired) electrons. The molecule has 2 saturated heterocycles. The van der Waals surface area contributed by atoms with Crippen molar-refractivity contribution < 1.29 is 14.7 Å². The zero-order valence-corrected chi connectivity index (χ0v) is 10.7. The molecule has 100 valence electrons. The molecule has 3 fully saturated rings. The minimum atomic E-state index is -0.818. The first-order valence-electron chi connectivity index (χ1n) is 6.81. The Kier molecular flexibility index (Phi) is 2.81. The summed E-state index contributed by atoms with van der Waals surface area (Å²) in [5.74, 6) is -1.41. The molecule has 4 atom stereocenters. The normalized spacial score (nSPS) is 39.5. The molecule has 0 spiro atoms. The number of rotatable bonds is 2. The zero-order valence-electron chi connectivity index (χ0n) is 10.7. The maximum atomic E-state index is 12.3. The molecule has 18 heavy (non-hydrogen) atoms. The first-order chi connectivity index (χ1) is 8.58. The van der Waals surface area contributed by atoms with Crippen LogP contribution in [-0.2, 0) is 9.59 Å². The van der Waals surface area contributed by atoms with Gasteiger partial charge in [0.25, 0.3) is 0 Å². The lowest BCUT2D eigenvalue weighted by Crippen LogP contribution is -2.40. The molecule has 1 aliphatic carbocycles. The van der Waals surface area contributed by atoms with Crippen LogP contribution in [0.15, 0.2) is 0 Å². The fraction of sp³-hybridized carbons (Fsp3) is 0.846. The summed E-state index contributed by atoms with van der Waals surface area (Å²) < 4.78 is 0. The van der Waals surface area contributed by atoms with Gasteiger partial charge in [-0.3, -0.25) is 14.5 Å². The predicted octanol–water partition coefficient (Wildman–Crippen LogP) is 0.402. The summed E-state index contributed by atoms with van der Waals surface area (Å²) in [4.78, 5) is 27.4. The fourth-order valence-electron chi connectivity index (χ4n) is 3.48. The number of carbonyl (C=O) groups excluding carboxylic acids is 1. The summed E-state index contributed by atoms with van der Waals surface area (Å²) in [6, 6.07) is 1.09. The van der Waals surface area contributed by atoms with Crippen LogP contribution < -0.4 is 0 Å². The summed E-state index contributed by atoms with van der Waals surface area (Å²) in [5, 5.41) is 8.89. The highest BCUT2D eigenvalue weighted by Crippen LogP contribution is 2.41. The topological polar surface area (TPSA) is 60.9 Å². The van der Waals surface area contributed by atoms with Crippen LogP contribution >= 0.6 is 0 Å². The van der Waals surface area contributed by atoms with E-state index in [0.717, 1.165) is 25.9 Å². The van der Waals surface area contributed by atoms with E-state index in [9.17, 15) is 9.59 Å². The van der Waals surface area contributed by atoms with Crippen LogP contribution in [0.2, 0.25) is 0 Å². The number of aliphatic carboxylic acids is 1. The van der Waals surface area contributed by atoms with Gasteiger partial charge in [0.15, 0.2) is 0 Å². The van der Waals surface area contributed by atoms with Gasteiger partial charge in [-0.05, 0) is 32.7 Å². The highest BCUT2D eigenvalue weighted by molar-refractivity contribution is 5.89. The smallest absolute Gasteiger partial charge is 0.307 e. The number of hydrogen-bond donors (Lipinski definition) is 1. The lowest BCUT2D eigenvalue weighted by atomic mass is 10.1. The Balaban J connectivity index is 1.64. The summed E-state index contributed by atoms with van der Waals surface area (Å²) in [7, 11) is 2.15. The third-order valence-electron chi connectivity index (χ3n) is 4.88. The first-order valence-corrected chi connectivity index (χ1v) is 6.81. The molecule has 0 aromatic rings. The summed E-state index contributed by atoms with van der Waals surface area (Å²) in [5.41, 5.74) is 0. The van der Waals surface area contributed by atoms with Crippen LogP contribution in [0, 0.1) is 11.8 Å². The monoisotopic (exact) mass is 252 g/mol. The van der Waals surface area contributed by atoms with Crippen LogP contribution in [-0.4, -0.2) is 59.0 Å². The van der Waals surface area contributed by atoms with E-state index in [1.807, 2.05) is 4.90 Å². The van der Waals surface area contributed by atoms with Gasteiger partial charge in [-0.2, -0.15) is 0 Å². The van der Waals surface area contributed by atoms with Crippen molar-refractivity contribution in [3.8, 4) is 0 Å². The molecule has 2 aliphatic heterocycles. The Hall–Kier alpha value is -1.10. The Bertz CT molecular complexity index is 384. The lowest BCUT2D eigenvalue weighted by Gasteiger charge is -2.26. The Morgan fingerprint density at radius 2 is 1.83 bits per heavy atom. The molecule has 3 rings (SSSR count). The summed E-state index contributed by atoms with van der Waals surface area (Å²) >= 11 is 0. The third-order valence-corrected chi connectivity index (χ3v) is 4.88. The maximum absolute atomic E-state index is 12.3. The van der Waals surface area contributed by atoms with Gasteiger partial charge in [0.1, 0.15) is 0 Å². The van der Waals surface area contributed by atoms with Crippen molar-refractivity contribution in [1.29, 1.82) is 0 Å².